The first-order chi connectivity index (χ1) is 17.4. The lowest BCUT2D eigenvalue weighted by molar-refractivity contribution is -0.149. The summed E-state index contributed by atoms with van der Waals surface area (Å²) in [7, 11) is 2.00. The van der Waals surface area contributed by atoms with Crippen LogP contribution in [0.2, 0.25) is 0 Å². The van der Waals surface area contributed by atoms with Crippen LogP contribution in [0.1, 0.15) is 47.0 Å². The molecule has 1 aliphatic rings. The number of nitrogens with one attached hydrogen (secondary N) is 1. The lowest BCUT2D eigenvalue weighted by Crippen LogP contribution is -2.66. The largest absolute Gasteiger partial charge is 0.507 e. The third-order valence-corrected chi connectivity index (χ3v) is 7.11. The third kappa shape index (κ3) is 5.34. The fourth-order valence-electron chi connectivity index (χ4n) is 5.67. The predicted octanol–water partition coefficient (Wildman–Crippen LogP) is 2.93. The Morgan fingerprint density at radius 1 is 1.11 bits per heavy atom. The number of rotatable bonds is 6. The highest BCUT2D eigenvalue weighted by molar-refractivity contribution is 5.78. The Morgan fingerprint density at radius 3 is 2.35 bits per heavy atom. The first-order valence-corrected chi connectivity index (χ1v) is 12.4. The molecule has 3 heterocycles. The van der Waals surface area contributed by atoms with Crippen molar-refractivity contribution in [3.8, 4) is 28.1 Å². The van der Waals surface area contributed by atoms with Crippen LogP contribution in [0.5, 0.6) is 5.75 Å². The van der Waals surface area contributed by atoms with Gasteiger partial charge in [0.2, 0.25) is 5.91 Å². The van der Waals surface area contributed by atoms with Crippen molar-refractivity contribution in [2.24, 2.45) is 5.73 Å². The fraction of sp³-hybridized carbons (Fsp3) is 0.444. The molecule has 37 heavy (non-hydrogen) atoms. The van der Waals surface area contributed by atoms with E-state index in [1.165, 1.54) is 6.20 Å². The van der Waals surface area contributed by atoms with Gasteiger partial charge in [0.25, 0.3) is 0 Å². The summed E-state index contributed by atoms with van der Waals surface area (Å²) in [4.78, 5) is 43.7. The van der Waals surface area contributed by atoms with Crippen molar-refractivity contribution in [3.63, 3.8) is 0 Å². The number of amides is 1. The molecule has 1 amide bonds. The van der Waals surface area contributed by atoms with Gasteiger partial charge < -0.3 is 25.6 Å². The van der Waals surface area contributed by atoms with Gasteiger partial charge in [-0.3, -0.25) is 9.78 Å². The number of carbonyl (C=O) groups excluding carboxylic acids is 1. The average Bonchev–Trinajstić information content (AvgIpc) is 2.83. The molecule has 0 spiro atoms. The maximum atomic E-state index is 12.9. The fourth-order valence-corrected chi connectivity index (χ4v) is 5.67. The van der Waals surface area contributed by atoms with E-state index in [-0.39, 0.29) is 28.8 Å². The summed E-state index contributed by atoms with van der Waals surface area (Å²) in [6.45, 7) is 8.76. The van der Waals surface area contributed by atoms with E-state index in [9.17, 15) is 14.7 Å². The highest BCUT2D eigenvalue weighted by Gasteiger charge is 2.48. The molecule has 4 N–H and O–H groups in total. The summed E-state index contributed by atoms with van der Waals surface area (Å²) in [6.07, 6.45) is 8.28. The molecule has 10 nitrogen and oxygen atoms in total. The summed E-state index contributed by atoms with van der Waals surface area (Å²) < 4.78 is 0. The molecule has 1 fully saturated rings. The van der Waals surface area contributed by atoms with Crippen LogP contribution in [-0.2, 0) is 4.79 Å². The summed E-state index contributed by atoms with van der Waals surface area (Å²) in [5.74, 6) is 0.861. The Kier molecular flexibility index (Phi) is 7.05. The molecule has 2 aromatic heterocycles. The summed E-state index contributed by atoms with van der Waals surface area (Å²) in [6, 6.07) is 5.36. The van der Waals surface area contributed by atoms with Gasteiger partial charge in [-0.1, -0.05) is 6.07 Å². The molecular weight excluding hydrogens is 470 g/mol. The van der Waals surface area contributed by atoms with Crippen molar-refractivity contribution in [1.82, 2.24) is 24.8 Å². The van der Waals surface area contributed by atoms with Crippen LogP contribution in [0.25, 0.3) is 22.4 Å². The van der Waals surface area contributed by atoms with E-state index < -0.39 is 5.69 Å². The van der Waals surface area contributed by atoms with Gasteiger partial charge in [0.15, 0.2) is 0 Å². The molecule has 1 aliphatic heterocycles. The van der Waals surface area contributed by atoms with Crippen molar-refractivity contribution in [2.45, 2.75) is 64.1 Å². The van der Waals surface area contributed by atoms with Gasteiger partial charge >= 0.3 is 5.69 Å². The minimum Gasteiger partial charge on any atom is -0.507 e. The van der Waals surface area contributed by atoms with E-state index >= 15 is 0 Å². The number of carbonyl (C=O) groups is 1. The smallest absolute Gasteiger partial charge is 0.344 e. The van der Waals surface area contributed by atoms with Crippen LogP contribution in [0, 0.1) is 0 Å². The number of phenols is 1. The molecule has 10 heteroatoms. The summed E-state index contributed by atoms with van der Waals surface area (Å²) >= 11 is 0. The molecular formula is C27H35N7O3. The second-order valence-corrected chi connectivity index (χ2v) is 10.9. The number of aromatic hydroxyl groups is 1. The number of benzene rings is 1. The maximum Gasteiger partial charge on any atom is 0.344 e. The molecule has 0 atom stereocenters. The number of phenolic OH excluding ortho intramolecular Hbond substituents is 1. The van der Waals surface area contributed by atoms with Crippen LogP contribution in [0.15, 0.2) is 47.8 Å². The van der Waals surface area contributed by atoms with Crippen LogP contribution >= 0.6 is 0 Å². The maximum absolute atomic E-state index is 12.9. The lowest BCUT2D eigenvalue weighted by Gasteiger charge is -2.56. The number of aromatic nitrogens is 4. The van der Waals surface area contributed by atoms with E-state index in [4.69, 9.17) is 5.73 Å². The second kappa shape index (κ2) is 9.93. The Morgan fingerprint density at radius 2 is 1.81 bits per heavy atom. The molecule has 1 saturated heterocycles. The number of likely N-dealkylation sites (tertiary alicyclic amines) is 1. The van der Waals surface area contributed by atoms with Crippen molar-refractivity contribution in [3.05, 3.63) is 53.5 Å². The number of aromatic amines is 1. The van der Waals surface area contributed by atoms with Gasteiger partial charge in [-0.2, -0.15) is 0 Å². The first-order valence-electron chi connectivity index (χ1n) is 12.4. The molecule has 1 aromatic carbocycles. The zero-order valence-electron chi connectivity index (χ0n) is 22.0. The number of anilines is 1. The SMILES string of the molecule is CN(c1cnc(-c2ccc(-c3cnc(=O)[nH]c3)cc2O)cn1)C1CC(C)(C)N(C(=O)CCN)C(C)(C)C1. The van der Waals surface area contributed by atoms with Gasteiger partial charge in [0.05, 0.1) is 18.1 Å². The topological polar surface area (TPSA) is 141 Å². The van der Waals surface area contributed by atoms with E-state index in [1.807, 2.05) is 18.0 Å². The Hall–Kier alpha value is -3.79. The average molecular weight is 506 g/mol. The molecule has 0 saturated carbocycles. The first kappa shape index (κ1) is 26.3. The van der Waals surface area contributed by atoms with Gasteiger partial charge in [-0.15, -0.1) is 0 Å². The van der Waals surface area contributed by atoms with Crippen LogP contribution in [0.4, 0.5) is 5.82 Å². The summed E-state index contributed by atoms with van der Waals surface area (Å²) in [5, 5.41) is 10.7. The number of piperidine rings is 1. The van der Waals surface area contributed by atoms with E-state index in [2.05, 4.69) is 52.5 Å². The normalized spacial score (nSPS) is 17.0. The van der Waals surface area contributed by atoms with Gasteiger partial charge in [-0.25, -0.2) is 14.8 Å². The van der Waals surface area contributed by atoms with Crippen LogP contribution < -0.4 is 16.3 Å². The van der Waals surface area contributed by atoms with Gasteiger partial charge in [0, 0.05) is 60.7 Å². The summed E-state index contributed by atoms with van der Waals surface area (Å²) in [5.41, 5.74) is 7.06. The Labute approximate surface area is 216 Å². The minimum atomic E-state index is -0.428. The second-order valence-electron chi connectivity index (χ2n) is 10.9. The molecule has 0 radical (unpaired) electrons. The van der Waals surface area contributed by atoms with Crippen molar-refractivity contribution in [1.29, 1.82) is 0 Å². The van der Waals surface area contributed by atoms with Crippen LogP contribution in [0.3, 0.4) is 0 Å². The van der Waals surface area contributed by atoms with E-state index in [1.54, 1.807) is 30.7 Å². The quantitative estimate of drug-likeness (QED) is 0.464. The zero-order chi connectivity index (χ0) is 27.0. The highest BCUT2D eigenvalue weighted by atomic mass is 16.3. The number of nitrogens with two attached hydrogens (primary N) is 1. The van der Waals surface area contributed by atoms with E-state index in [0.29, 0.717) is 29.8 Å². The Bertz CT molecular complexity index is 1300. The van der Waals surface area contributed by atoms with Gasteiger partial charge in [0.1, 0.15) is 11.6 Å². The Balaban J connectivity index is 1.53. The van der Waals surface area contributed by atoms with Crippen molar-refractivity contribution >= 4 is 11.7 Å². The monoisotopic (exact) mass is 505 g/mol. The number of hydrogen-bond acceptors (Lipinski definition) is 8. The minimum absolute atomic E-state index is 0.0529. The molecule has 0 aliphatic carbocycles. The van der Waals surface area contributed by atoms with Crippen LogP contribution in [-0.4, -0.2) is 66.6 Å². The van der Waals surface area contributed by atoms with Crippen molar-refractivity contribution < 1.29 is 9.90 Å². The van der Waals surface area contributed by atoms with E-state index in [0.717, 1.165) is 24.2 Å². The zero-order valence-corrected chi connectivity index (χ0v) is 22.0. The molecule has 0 unspecified atom stereocenters. The molecule has 196 valence electrons. The lowest BCUT2D eigenvalue weighted by atomic mass is 9.76. The third-order valence-electron chi connectivity index (χ3n) is 7.11. The van der Waals surface area contributed by atoms with Crippen molar-refractivity contribution in [2.75, 3.05) is 18.5 Å². The molecule has 3 aromatic rings. The highest BCUT2D eigenvalue weighted by Crippen LogP contribution is 2.41. The predicted molar refractivity (Wildman–Crippen MR) is 143 cm³/mol. The molecule has 0 bridgehead atoms. The number of nitrogens with zero attached hydrogens (tertiary/aromatic N) is 5. The standard InChI is InChI=1S/C27H35N7O3/c1-26(2)11-19(12-27(3,4)34(26)24(36)8-9-28)33(5)23-16-29-21(15-30-23)20-7-6-17(10-22(20)35)18-13-31-25(37)32-14-18/h6-7,10,13-16,19,35H,8-9,11-12,28H2,1-5H3,(H,31,32,37). The molecule has 4 rings (SSSR count). The number of hydrogen-bond donors (Lipinski definition) is 3. The number of H-pyrrole nitrogens is 1. The van der Waals surface area contributed by atoms with Gasteiger partial charge in [-0.05, 0) is 58.2 Å².